The lowest BCUT2D eigenvalue weighted by molar-refractivity contribution is -0.116. The summed E-state index contributed by atoms with van der Waals surface area (Å²) in [5, 5.41) is 2.58. The van der Waals surface area contributed by atoms with Gasteiger partial charge in [-0.15, -0.1) is 0 Å². The molecule has 0 saturated carbocycles. The summed E-state index contributed by atoms with van der Waals surface area (Å²) in [5.74, 6) is -0.932. The van der Waals surface area contributed by atoms with Gasteiger partial charge in [0.25, 0.3) is 0 Å². The molecular formula is C15H22N2O6S. The predicted molar refractivity (Wildman–Crippen MR) is 89.3 cm³/mol. The van der Waals surface area contributed by atoms with E-state index in [0.717, 1.165) is 10.6 Å². The minimum Gasteiger partial charge on any atom is -0.462 e. The molecule has 134 valence electrons. The average Bonchev–Trinajstić information content (AvgIpc) is 2.51. The number of methoxy groups -OCH3 is 1. The fraction of sp³-hybridized carbons (Fsp3) is 0.467. The Morgan fingerprint density at radius 1 is 1.21 bits per heavy atom. The van der Waals surface area contributed by atoms with E-state index in [1.54, 1.807) is 19.1 Å². The highest BCUT2D eigenvalue weighted by Crippen LogP contribution is 2.11. The number of hydrogen-bond donors (Lipinski definition) is 1. The summed E-state index contributed by atoms with van der Waals surface area (Å²) >= 11 is 0. The number of sulfonamides is 1. The molecule has 1 rings (SSSR count). The summed E-state index contributed by atoms with van der Waals surface area (Å²) in [7, 11) is -2.07. The molecule has 24 heavy (non-hydrogen) atoms. The van der Waals surface area contributed by atoms with Crippen molar-refractivity contribution >= 4 is 27.6 Å². The SMILES string of the molecule is CCOC(=O)c1ccc(NC(=O)CN(CCOC)S(C)(=O)=O)cc1. The Morgan fingerprint density at radius 3 is 2.33 bits per heavy atom. The lowest BCUT2D eigenvalue weighted by atomic mass is 10.2. The largest absolute Gasteiger partial charge is 0.462 e. The van der Waals surface area contributed by atoms with Crippen molar-refractivity contribution in [3.8, 4) is 0 Å². The number of hydrogen-bond acceptors (Lipinski definition) is 6. The molecular weight excluding hydrogens is 336 g/mol. The summed E-state index contributed by atoms with van der Waals surface area (Å²) < 4.78 is 34.0. The normalized spacial score (nSPS) is 11.3. The molecule has 1 aromatic carbocycles. The van der Waals surface area contributed by atoms with Gasteiger partial charge in [-0.2, -0.15) is 4.31 Å². The third-order valence-corrected chi connectivity index (χ3v) is 4.26. The molecule has 0 unspecified atom stereocenters. The van der Waals surface area contributed by atoms with Crippen LogP contribution in [0.4, 0.5) is 5.69 Å². The van der Waals surface area contributed by atoms with Gasteiger partial charge in [0, 0.05) is 19.3 Å². The van der Waals surface area contributed by atoms with E-state index in [1.165, 1.54) is 19.2 Å². The predicted octanol–water partition coefficient (Wildman–Crippen LogP) is 0.710. The second-order valence-electron chi connectivity index (χ2n) is 4.94. The molecule has 9 heteroatoms. The molecule has 0 spiro atoms. The number of anilines is 1. The lowest BCUT2D eigenvalue weighted by Gasteiger charge is -2.19. The summed E-state index contributed by atoms with van der Waals surface area (Å²) in [5.41, 5.74) is 0.820. The number of nitrogens with one attached hydrogen (secondary N) is 1. The molecule has 1 amide bonds. The highest BCUT2D eigenvalue weighted by Gasteiger charge is 2.19. The Hall–Kier alpha value is -1.97. The molecule has 0 aliphatic carbocycles. The number of carbonyl (C=O) groups is 2. The molecule has 0 atom stereocenters. The molecule has 0 aromatic heterocycles. The monoisotopic (exact) mass is 358 g/mol. The van der Waals surface area contributed by atoms with Crippen molar-refractivity contribution in [2.45, 2.75) is 6.92 Å². The second-order valence-corrected chi connectivity index (χ2v) is 6.92. The maximum atomic E-state index is 12.0. The van der Waals surface area contributed by atoms with Crippen LogP contribution in [0.1, 0.15) is 17.3 Å². The Labute approximate surface area is 141 Å². The summed E-state index contributed by atoms with van der Waals surface area (Å²) in [6.45, 7) is 1.95. The minimum atomic E-state index is -3.52. The quantitative estimate of drug-likeness (QED) is 0.652. The van der Waals surface area contributed by atoms with Crippen molar-refractivity contribution < 1.29 is 27.5 Å². The average molecular weight is 358 g/mol. The van der Waals surface area contributed by atoms with Crippen LogP contribution < -0.4 is 5.32 Å². The zero-order valence-electron chi connectivity index (χ0n) is 13.9. The third-order valence-electron chi connectivity index (χ3n) is 3.01. The van der Waals surface area contributed by atoms with Crippen LogP contribution in [0.15, 0.2) is 24.3 Å². The molecule has 0 aliphatic heterocycles. The fourth-order valence-corrected chi connectivity index (χ4v) is 2.58. The van der Waals surface area contributed by atoms with Gasteiger partial charge in [0.2, 0.25) is 15.9 Å². The maximum absolute atomic E-state index is 12.0. The third kappa shape index (κ3) is 6.65. The fourth-order valence-electron chi connectivity index (χ4n) is 1.82. The van der Waals surface area contributed by atoms with Crippen molar-refractivity contribution in [1.82, 2.24) is 4.31 Å². The highest BCUT2D eigenvalue weighted by atomic mass is 32.2. The van der Waals surface area contributed by atoms with Crippen LogP contribution in [-0.4, -0.2) is 64.3 Å². The molecule has 0 heterocycles. The second kappa shape index (κ2) is 9.36. The summed E-state index contributed by atoms with van der Waals surface area (Å²) in [4.78, 5) is 23.5. The Kier molecular flexibility index (Phi) is 7.83. The first-order valence-electron chi connectivity index (χ1n) is 7.29. The van der Waals surface area contributed by atoms with Crippen LogP contribution >= 0.6 is 0 Å². The van der Waals surface area contributed by atoms with Gasteiger partial charge in [-0.3, -0.25) is 4.79 Å². The number of ether oxygens (including phenoxy) is 2. The number of amides is 1. The molecule has 1 aromatic rings. The van der Waals surface area contributed by atoms with Crippen molar-refractivity contribution in [2.75, 3.05) is 45.0 Å². The van der Waals surface area contributed by atoms with Crippen molar-refractivity contribution in [1.29, 1.82) is 0 Å². The van der Waals surface area contributed by atoms with Crippen molar-refractivity contribution in [3.63, 3.8) is 0 Å². The van der Waals surface area contributed by atoms with Gasteiger partial charge in [0.1, 0.15) is 0 Å². The lowest BCUT2D eigenvalue weighted by Crippen LogP contribution is -2.39. The Balaban J connectivity index is 2.67. The highest BCUT2D eigenvalue weighted by molar-refractivity contribution is 7.88. The van der Waals surface area contributed by atoms with Crippen LogP contribution in [0.5, 0.6) is 0 Å². The van der Waals surface area contributed by atoms with E-state index in [4.69, 9.17) is 9.47 Å². The zero-order chi connectivity index (χ0) is 18.2. The molecule has 0 radical (unpaired) electrons. The molecule has 8 nitrogen and oxygen atoms in total. The molecule has 0 saturated heterocycles. The van der Waals surface area contributed by atoms with Crippen LogP contribution in [0.2, 0.25) is 0 Å². The van der Waals surface area contributed by atoms with Crippen LogP contribution in [0.25, 0.3) is 0 Å². The first-order chi connectivity index (χ1) is 11.3. The van der Waals surface area contributed by atoms with Gasteiger partial charge in [-0.1, -0.05) is 0 Å². The van der Waals surface area contributed by atoms with Crippen molar-refractivity contribution in [3.05, 3.63) is 29.8 Å². The Bertz CT molecular complexity index is 657. The molecule has 0 fully saturated rings. The minimum absolute atomic E-state index is 0.0878. The van der Waals surface area contributed by atoms with E-state index < -0.39 is 21.9 Å². The number of benzene rings is 1. The van der Waals surface area contributed by atoms with Crippen molar-refractivity contribution in [2.24, 2.45) is 0 Å². The maximum Gasteiger partial charge on any atom is 0.338 e. The Morgan fingerprint density at radius 2 is 1.83 bits per heavy atom. The van der Waals surface area contributed by atoms with E-state index in [0.29, 0.717) is 11.3 Å². The number of esters is 1. The van der Waals surface area contributed by atoms with E-state index in [2.05, 4.69) is 5.32 Å². The van der Waals surface area contributed by atoms with Crippen LogP contribution in [0, 0.1) is 0 Å². The van der Waals surface area contributed by atoms with Gasteiger partial charge >= 0.3 is 5.97 Å². The van der Waals surface area contributed by atoms with Gasteiger partial charge in [-0.05, 0) is 31.2 Å². The first-order valence-corrected chi connectivity index (χ1v) is 9.13. The van der Waals surface area contributed by atoms with E-state index in [1.807, 2.05) is 0 Å². The smallest absolute Gasteiger partial charge is 0.338 e. The van der Waals surface area contributed by atoms with Gasteiger partial charge in [-0.25, -0.2) is 13.2 Å². The number of nitrogens with zero attached hydrogens (tertiary/aromatic N) is 1. The summed E-state index contributed by atoms with van der Waals surface area (Å²) in [6.07, 6.45) is 1.03. The molecule has 0 bridgehead atoms. The summed E-state index contributed by atoms with van der Waals surface area (Å²) in [6, 6.07) is 6.13. The van der Waals surface area contributed by atoms with E-state index in [-0.39, 0.29) is 26.3 Å². The number of carbonyl (C=O) groups excluding carboxylic acids is 2. The van der Waals surface area contributed by atoms with Crippen LogP contribution in [0.3, 0.4) is 0 Å². The van der Waals surface area contributed by atoms with Gasteiger partial charge in [0.15, 0.2) is 0 Å². The van der Waals surface area contributed by atoms with E-state index >= 15 is 0 Å². The molecule has 0 aliphatic rings. The van der Waals surface area contributed by atoms with E-state index in [9.17, 15) is 18.0 Å². The van der Waals surface area contributed by atoms with Crippen LogP contribution in [-0.2, 0) is 24.3 Å². The topological polar surface area (TPSA) is 102 Å². The van der Waals surface area contributed by atoms with Gasteiger partial charge < -0.3 is 14.8 Å². The van der Waals surface area contributed by atoms with Gasteiger partial charge in [0.05, 0.1) is 31.6 Å². The number of rotatable bonds is 9. The standard InChI is InChI=1S/C15H22N2O6S/c1-4-23-15(19)12-5-7-13(8-6-12)16-14(18)11-17(9-10-22-2)24(3,20)21/h5-8H,4,9-11H2,1-3H3,(H,16,18). The molecule has 1 N–H and O–H groups in total. The zero-order valence-corrected chi connectivity index (χ0v) is 14.8. The first kappa shape index (κ1) is 20.1.